The fourth-order valence-corrected chi connectivity index (χ4v) is 4.78. The molecule has 140 valence electrons. The molecular formula is C19H18N2O4S2. The van der Waals surface area contributed by atoms with Gasteiger partial charge in [0, 0.05) is 12.3 Å². The predicted molar refractivity (Wildman–Crippen MR) is 103 cm³/mol. The Kier molecular flexibility index (Phi) is 5.11. The first-order chi connectivity index (χ1) is 13.1. The van der Waals surface area contributed by atoms with Crippen molar-refractivity contribution in [1.82, 2.24) is 9.71 Å². The van der Waals surface area contributed by atoms with Crippen LogP contribution in [-0.2, 0) is 16.4 Å². The Morgan fingerprint density at radius 1 is 1.11 bits per heavy atom. The van der Waals surface area contributed by atoms with E-state index in [1.54, 1.807) is 29.7 Å². The molecule has 1 N–H and O–H groups in total. The minimum absolute atomic E-state index is 0.137. The second-order valence-corrected chi connectivity index (χ2v) is 8.56. The summed E-state index contributed by atoms with van der Waals surface area (Å²) in [6, 6.07) is 11.6. The number of ether oxygens (including phenoxy) is 2. The predicted octanol–water partition coefficient (Wildman–Crippen LogP) is 3.18. The minimum Gasteiger partial charge on any atom is -0.486 e. The summed E-state index contributed by atoms with van der Waals surface area (Å²) in [4.78, 5) is 4.48. The van der Waals surface area contributed by atoms with E-state index in [1.165, 1.54) is 12.1 Å². The number of rotatable bonds is 6. The van der Waals surface area contributed by atoms with E-state index in [0.29, 0.717) is 36.8 Å². The summed E-state index contributed by atoms with van der Waals surface area (Å²) in [5, 5.41) is 3.98. The molecule has 1 aliphatic heterocycles. The van der Waals surface area contributed by atoms with E-state index in [2.05, 4.69) is 9.71 Å². The van der Waals surface area contributed by atoms with E-state index in [1.807, 2.05) is 29.0 Å². The van der Waals surface area contributed by atoms with Gasteiger partial charge in [-0.1, -0.05) is 6.07 Å². The second-order valence-electron chi connectivity index (χ2n) is 6.07. The van der Waals surface area contributed by atoms with Crippen molar-refractivity contribution in [2.75, 3.05) is 13.2 Å². The van der Waals surface area contributed by atoms with Crippen molar-refractivity contribution in [3.8, 4) is 11.5 Å². The molecule has 27 heavy (non-hydrogen) atoms. The first-order valence-corrected chi connectivity index (χ1v) is 10.9. The van der Waals surface area contributed by atoms with Crippen LogP contribution in [0.1, 0.15) is 17.3 Å². The highest BCUT2D eigenvalue weighted by Gasteiger charge is 2.25. The zero-order valence-electron chi connectivity index (χ0n) is 14.4. The zero-order valence-corrected chi connectivity index (χ0v) is 16.0. The fraction of sp³-hybridized carbons (Fsp3) is 0.211. The maximum atomic E-state index is 13.0. The largest absolute Gasteiger partial charge is 0.486 e. The molecule has 0 aliphatic carbocycles. The summed E-state index contributed by atoms with van der Waals surface area (Å²) < 4.78 is 39.8. The van der Waals surface area contributed by atoms with Gasteiger partial charge in [-0.25, -0.2) is 13.1 Å². The number of nitrogens with one attached hydrogen (secondary N) is 1. The normalized spacial score (nSPS) is 14.7. The number of benzene rings is 1. The molecule has 0 radical (unpaired) electrons. The van der Waals surface area contributed by atoms with E-state index < -0.39 is 16.1 Å². The number of hydrogen-bond donors (Lipinski definition) is 1. The van der Waals surface area contributed by atoms with Crippen molar-refractivity contribution in [2.45, 2.75) is 17.4 Å². The Labute approximate surface area is 161 Å². The molecule has 6 nitrogen and oxygen atoms in total. The lowest BCUT2D eigenvalue weighted by Gasteiger charge is -2.21. The molecule has 8 heteroatoms. The van der Waals surface area contributed by atoms with Gasteiger partial charge in [0.15, 0.2) is 11.5 Å². The fourth-order valence-electron chi connectivity index (χ4n) is 2.88. The van der Waals surface area contributed by atoms with Gasteiger partial charge in [0.1, 0.15) is 13.2 Å². The SMILES string of the molecule is O=S(=O)(NC(Cc1ccsc1)c1ccccn1)c1ccc2c(c1)OCCO2. The standard InChI is InChI=1S/C19H18N2O4S2/c22-27(23,15-4-5-18-19(12-15)25-9-8-24-18)21-17(11-14-6-10-26-13-14)16-3-1-2-7-20-16/h1-7,10,12-13,17,21H,8-9,11H2. The molecule has 0 saturated carbocycles. The highest BCUT2D eigenvalue weighted by atomic mass is 32.2. The van der Waals surface area contributed by atoms with E-state index in [0.717, 1.165) is 5.56 Å². The summed E-state index contributed by atoms with van der Waals surface area (Å²) in [6.45, 7) is 0.860. The topological polar surface area (TPSA) is 77.5 Å². The van der Waals surface area contributed by atoms with Crippen molar-refractivity contribution in [2.24, 2.45) is 0 Å². The molecule has 0 spiro atoms. The minimum atomic E-state index is -3.77. The van der Waals surface area contributed by atoms with Crippen LogP contribution in [0.25, 0.3) is 0 Å². The van der Waals surface area contributed by atoms with Crippen molar-refractivity contribution in [3.05, 3.63) is 70.7 Å². The Morgan fingerprint density at radius 2 is 1.96 bits per heavy atom. The average molecular weight is 402 g/mol. The highest BCUT2D eigenvalue weighted by molar-refractivity contribution is 7.89. The van der Waals surface area contributed by atoms with Crippen LogP contribution in [0.5, 0.6) is 11.5 Å². The lowest BCUT2D eigenvalue weighted by Crippen LogP contribution is -2.30. The maximum Gasteiger partial charge on any atom is 0.241 e. The molecule has 1 atom stereocenters. The molecule has 0 bridgehead atoms. The van der Waals surface area contributed by atoms with Crippen LogP contribution in [0, 0.1) is 0 Å². The third kappa shape index (κ3) is 4.13. The van der Waals surface area contributed by atoms with E-state index >= 15 is 0 Å². The molecular weight excluding hydrogens is 384 g/mol. The number of pyridine rings is 1. The molecule has 1 aromatic carbocycles. The molecule has 1 aliphatic rings. The van der Waals surface area contributed by atoms with Crippen molar-refractivity contribution in [3.63, 3.8) is 0 Å². The third-order valence-corrected chi connectivity index (χ3v) is 6.39. The Bertz CT molecular complexity index is 1010. The van der Waals surface area contributed by atoms with Gasteiger partial charge in [0.05, 0.1) is 16.6 Å². The lowest BCUT2D eigenvalue weighted by atomic mass is 10.1. The third-order valence-electron chi connectivity index (χ3n) is 4.19. The van der Waals surface area contributed by atoms with Crippen LogP contribution in [0.2, 0.25) is 0 Å². The van der Waals surface area contributed by atoms with Crippen LogP contribution < -0.4 is 14.2 Å². The first kappa shape index (κ1) is 18.0. The molecule has 0 fully saturated rings. The number of nitrogens with zero attached hydrogens (tertiary/aromatic N) is 1. The lowest BCUT2D eigenvalue weighted by molar-refractivity contribution is 0.171. The Hall–Kier alpha value is -2.42. The molecule has 0 amide bonds. The number of thiophene rings is 1. The van der Waals surface area contributed by atoms with Gasteiger partial charge in [-0.3, -0.25) is 4.98 Å². The molecule has 1 unspecified atom stereocenters. The summed E-state index contributed by atoms with van der Waals surface area (Å²) in [6.07, 6.45) is 2.18. The van der Waals surface area contributed by atoms with E-state index in [9.17, 15) is 8.42 Å². The van der Waals surface area contributed by atoms with E-state index in [4.69, 9.17) is 9.47 Å². The molecule has 0 saturated heterocycles. The van der Waals surface area contributed by atoms with Gasteiger partial charge in [-0.2, -0.15) is 11.3 Å². The summed E-state index contributed by atoms with van der Waals surface area (Å²) in [5.74, 6) is 0.996. The summed E-state index contributed by atoms with van der Waals surface area (Å²) >= 11 is 1.58. The van der Waals surface area contributed by atoms with Crippen LogP contribution in [0.4, 0.5) is 0 Å². The van der Waals surface area contributed by atoms with Gasteiger partial charge < -0.3 is 9.47 Å². The molecule has 3 heterocycles. The maximum absolute atomic E-state index is 13.0. The number of sulfonamides is 1. The van der Waals surface area contributed by atoms with Gasteiger partial charge >= 0.3 is 0 Å². The number of hydrogen-bond acceptors (Lipinski definition) is 6. The van der Waals surface area contributed by atoms with Crippen LogP contribution in [0.15, 0.2) is 64.3 Å². The highest BCUT2D eigenvalue weighted by Crippen LogP contribution is 2.32. The zero-order chi connectivity index (χ0) is 18.7. The Balaban J connectivity index is 1.63. The van der Waals surface area contributed by atoms with Crippen molar-refractivity contribution < 1.29 is 17.9 Å². The first-order valence-electron chi connectivity index (χ1n) is 8.46. The summed E-state index contributed by atoms with van der Waals surface area (Å²) in [7, 11) is -3.77. The quantitative estimate of drug-likeness (QED) is 0.685. The van der Waals surface area contributed by atoms with Gasteiger partial charge in [0.2, 0.25) is 10.0 Å². The monoisotopic (exact) mass is 402 g/mol. The van der Waals surface area contributed by atoms with Crippen molar-refractivity contribution >= 4 is 21.4 Å². The summed E-state index contributed by atoms with van der Waals surface area (Å²) in [5.41, 5.74) is 1.73. The number of aromatic nitrogens is 1. The molecule has 2 aromatic heterocycles. The van der Waals surface area contributed by atoms with Gasteiger partial charge in [0.25, 0.3) is 0 Å². The molecule has 4 rings (SSSR count). The second kappa shape index (κ2) is 7.67. The Morgan fingerprint density at radius 3 is 2.70 bits per heavy atom. The number of fused-ring (bicyclic) bond motifs is 1. The van der Waals surface area contributed by atoms with Gasteiger partial charge in [-0.15, -0.1) is 0 Å². The van der Waals surface area contributed by atoms with E-state index in [-0.39, 0.29) is 4.90 Å². The van der Waals surface area contributed by atoms with Crippen LogP contribution in [-0.4, -0.2) is 26.6 Å². The smallest absolute Gasteiger partial charge is 0.241 e. The average Bonchev–Trinajstić information content (AvgIpc) is 3.21. The van der Waals surface area contributed by atoms with Crippen LogP contribution >= 0.6 is 11.3 Å². The van der Waals surface area contributed by atoms with Crippen LogP contribution in [0.3, 0.4) is 0 Å². The van der Waals surface area contributed by atoms with Gasteiger partial charge in [-0.05, 0) is 53.1 Å². The molecule has 3 aromatic rings. The van der Waals surface area contributed by atoms with Crippen molar-refractivity contribution in [1.29, 1.82) is 0 Å².